The molecule has 5 nitrogen and oxygen atoms in total. The lowest BCUT2D eigenvalue weighted by Gasteiger charge is -2.04. The Bertz CT molecular complexity index is 727. The number of carbonyl (C=O) groups is 2. The molecule has 2 aromatic carbocycles. The van der Waals surface area contributed by atoms with Crippen molar-refractivity contribution in [1.29, 1.82) is 0 Å². The second-order valence-corrected chi connectivity index (χ2v) is 5.17. The fraction of sp³-hybridized carbons (Fsp3) is 0.118. The number of benzene rings is 2. The Balaban J connectivity index is 1.94. The summed E-state index contributed by atoms with van der Waals surface area (Å²) >= 11 is 5.86. The molecular formula is C17H16ClN3O2. The first kappa shape index (κ1) is 16.7. The number of carbonyl (C=O) groups excluding carboxylic acids is 2. The molecule has 0 bridgehead atoms. The molecule has 23 heavy (non-hydrogen) atoms. The maximum Gasteiger partial charge on any atom is 0.271 e. The van der Waals surface area contributed by atoms with Gasteiger partial charge in [-0.3, -0.25) is 9.59 Å². The highest BCUT2D eigenvalue weighted by atomic mass is 35.5. The molecule has 118 valence electrons. The van der Waals surface area contributed by atoms with E-state index in [1.54, 1.807) is 49.4 Å². The van der Waals surface area contributed by atoms with Gasteiger partial charge in [-0.15, -0.1) is 0 Å². The highest BCUT2D eigenvalue weighted by Crippen LogP contribution is 2.10. The van der Waals surface area contributed by atoms with Gasteiger partial charge in [-0.1, -0.05) is 30.7 Å². The Labute approximate surface area is 139 Å². The molecule has 2 aromatic rings. The second kappa shape index (κ2) is 8.10. The summed E-state index contributed by atoms with van der Waals surface area (Å²) in [5.74, 6) is -0.412. The summed E-state index contributed by atoms with van der Waals surface area (Å²) in [7, 11) is 0. The van der Waals surface area contributed by atoms with Crippen molar-refractivity contribution in [3.05, 3.63) is 64.7 Å². The lowest BCUT2D eigenvalue weighted by molar-refractivity contribution is -0.115. The summed E-state index contributed by atoms with van der Waals surface area (Å²) in [6.45, 7) is 1.77. The molecule has 0 atom stereocenters. The number of anilines is 1. The van der Waals surface area contributed by atoms with Gasteiger partial charge in [-0.2, -0.15) is 5.10 Å². The molecule has 2 N–H and O–H groups in total. The Hall–Kier alpha value is -2.66. The molecule has 0 unspecified atom stereocenters. The van der Waals surface area contributed by atoms with Gasteiger partial charge in [0.15, 0.2) is 0 Å². The number of hydrogen-bond acceptors (Lipinski definition) is 3. The highest BCUT2D eigenvalue weighted by Gasteiger charge is 2.05. The van der Waals surface area contributed by atoms with Crippen LogP contribution in [-0.2, 0) is 4.79 Å². The number of rotatable bonds is 5. The molecule has 0 saturated carbocycles. The third kappa shape index (κ3) is 5.23. The average molecular weight is 330 g/mol. The number of hydrazone groups is 1. The van der Waals surface area contributed by atoms with Crippen LogP contribution in [0.4, 0.5) is 5.69 Å². The van der Waals surface area contributed by atoms with Crippen LogP contribution >= 0.6 is 11.6 Å². The zero-order valence-electron chi connectivity index (χ0n) is 12.5. The minimum atomic E-state index is -0.336. The predicted octanol–water partition coefficient (Wildman–Crippen LogP) is 3.45. The van der Waals surface area contributed by atoms with Crippen LogP contribution in [0.25, 0.3) is 0 Å². The Morgan fingerprint density at radius 3 is 2.57 bits per heavy atom. The largest absolute Gasteiger partial charge is 0.326 e. The van der Waals surface area contributed by atoms with Crippen LogP contribution in [0.1, 0.15) is 29.3 Å². The van der Waals surface area contributed by atoms with Crippen LogP contribution in [-0.4, -0.2) is 18.0 Å². The first-order valence-electron chi connectivity index (χ1n) is 7.07. The smallest absolute Gasteiger partial charge is 0.271 e. The summed E-state index contributed by atoms with van der Waals surface area (Å²) < 4.78 is 0. The quantitative estimate of drug-likeness (QED) is 0.651. The van der Waals surface area contributed by atoms with Crippen molar-refractivity contribution in [2.75, 3.05) is 5.32 Å². The normalized spacial score (nSPS) is 10.5. The molecule has 0 aliphatic heterocycles. The average Bonchev–Trinajstić information content (AvgIpc) is 2.55. The number of halogens is 1. The van der Waals surface area contributed by atoms with Gasteiger partial charge in [0.1, 0.15) is 0 Å². The van der Waals surface area contributed by atoms with Gasteiger partial charge in [-0.25, -0.2) is 5.43 Å². The topological polar surface area (TPSA) is 70.6 Å². The third-order valence-electron chi connectivity index (χ3n) is 2.98. The van der Waals surface area contributed by atoms with Crippen LogP contribution in [0.5, 0.6) is 0 Å². The molecule has 0 aliphatic rings. The summed E-state index contributed by atoms with van der Waals surface area (Å²) in [6, 6.07) is 13.7. The molecule has 0 spiro atoms. The number of nitrogens with one attached hydrogen (secondary N) is 2. The molecule has 0 heterocycles. The first-order valence-corrected chi connectivity index (χ1v) is 7.45. The van der Waals surface area contributed by atoms with Crippen molar-refractivity contribution in [3.63, 3.8) is 0 Å². The van der Waals surface area contributed by atoms with Gasteiger partial charge >= 0.3 is 0 Å². The van der Waals surface area contributed by atoms with Crippen LogP contribution < -0.4 is 10.7 Å². The Kier molecular flexibility index (Phi) is 5.88. The van der Waals surface area contributed by atoms with E-state index in [9.17, 15) is 9.59 Å². The SMILES string of the molecule is CCC(=O)Nc1ccc(C(=O)N/N=C/c2cccc(Cl)c2)cc1. The fourth-order valence-corrected chi connectivity index (χ4v) is 1.97. The van der Waals surface area contributed by atoms with Crippen LogP contribution in [0.3, 0.4) is 0 Å². The minimum absolute atomic E-state index is 0.0756. The molecule has 0 aromatic heterocycles. The molecular weight excluding hydrogens is 314 g/mol. The van der Waals surface area contributed by atoms with Crippen LogP contribution in [0.15, 0.2) is 53.6 Å². The second-order valence-electron chi connectivity index (χ2n) is 4.73. The van der Waals surface area contributed by atoms with Gasteiger partial charge in [-0.05, 0) is 42.0 Å². The van der Waals surface area contributed by atoms with E-state index in [1.807, 2.05) is 6.07 Å². The standard InChI is InChI=1S/C17H16ClN3O2/c1-2-16(22)20-15-8-6-13(7-9-15)17(23)21-19-11-12-4-3-5-14(18)10-12/h3-11H,2H2,1H3,(H,20,22)(H,21,23)/b19-11+. The summed E-state index contributed by atoms with van der Waals surface area (Å²) in [5, 5.41) is 7.21. The van der Waals surface area contributed by atoms with E-state index in [4.69, 9.17) is 11.6 Å². The Morgan fingerprint density at radius 2 is 1.91 bits per heavy atom. The number of amides is 2. The van der Waals surface area contributed by atoms with Gasteiger partial charge in [0.25, 0.3) is 5.91 Å². The molecule has 6 heteroatoms. The van der Waals surface area contributed by atoms with E-state index in [1.165, 1.54) is 6.21 Å². The van der Waals surface area contributed by atoms with Crippen LogP contribution in [0, 0.1) is 0 Å². The lowest BCUT2D eigenvalue weighted by Crippen LogP contribution is -2.17. The van der Waals surface area contributed by atoms with E-state index in [-0.39, 0.29) is 11.8 Å². The van der Waals surface area contributed by atoms with E-state index in [2.05, 4.69) is 15.8 Å². The zero-order valence-corrected chi connectivity index (χ0v) is 13.3. The van der Waals surface area contributed by atoms with Crippen LogP contribution in [0.2, 0.25) is 5.02 Å². The van der Waals surface area contributed by atoms with E-state index >= 15 is 0 Å². The first-order chi connectivity index (χ1) is 11.1. The van der Waals surface area contributed by atoms with E-state index < -0.39 is 0 Å². The molecule has 0 radical (unpaired) electrons. The number of nitrogens with zero attached hydrogens (tertiary/aromatic N) is 1. The van der Waals surface area contributed by atoms with E-state index in [0.29, 0.717) is 22.7 Å². The Morgan fingerprint density at radius 1 is 1.17 bits per heavy atom. The van der Waals surface area contributed by atoms with Gasteiger partial charge in [0, 0.05) is 22.7 Å². The van der Waals surface area contributed by atoms with Crippen molar-refractivity contribution in [3.8, 4) is 0 Å². The molecule has 0 fully saturated rings. The third-order valence-corrected chi connectivity index (χ3v) is 3.22. The number of hydrogen-bond donors (Lipinski definition) is 2. The van der Waals surface area contributed by atoms with E-state index in [0.717, 1.165) is 5.56 Å². The predicted molar refractivity (Wildman–Crippen MR) is 91.9 cm³/mol. The van der Waals surface area contributed by atoms with Gasteiger partial charge < -0.3 is 5.32 Å². The lowest BCUT2D eigenvalue weighted by atomic mass is 10.2. The molecule has 2 amide bonds. The highest BCUT2D eigenvalue weighted by molar-refractivity contribution is 6.30. The summed E-state index contributed by atoms with van der Waals surface area (Å²) in [6.07, 6.45) is 1.92. The van der Waals surface area contributed by atoms with Crippen molar-refractivity contribution >= 4 is 35.3 Å². The fourth-order valence-electron chi connectivity index (χ4n) is 1.77. The summed E-state index contributed by atoms with van der Waals surface area (Å²) in [5.41, 5.74) is 4.32. The van der Waals surface area contributed by atoms with Crippen molar-refractivity contribution < 1.29 is 9.59 Å². The molecule has 2 rings (SSSR count). The molecule has 0 aliphatic carbocycles. The van der Waals surface area contributed by atoms with Crippen molar-refractivity contribution in [1.82, 2.24) is 5.43 Å². The molecule has 0 saturated heterocycles. The summed E-state index contributed by atoms with van der Waals surface area (Å²) in [4.78, 5) is 23.2. The zero-order chi connectivity index (χ0) is 16.7. The minimum Gasteiger partial charge on any atom is -0.326 e. The monoisotopic (exact) mass is 329 g/mol. The van der Waals surface area contributed by atoms with Gasteiger partial charge in [0.05, 0.1) is 6.21 Å². The van der Waals surface area contributed by atoms with Gasteiger partial charge in [0.2, 0.25) is 5.91 Å². The maximum atomic E-state index is 12.0. The van der Waals surface area contributed by atoms with Crippen molar-refractivity contribution in [2.24, 2.45) is 5.10 Å². The van der Waals surface area contributed by atoms with Crippen molar-refractivity contribution in [2.45, 2.75) is 13.3 Å². The maximum absolute atomic E-state index is 12.0.